The summed E-state index contributed by atoms with van der Waals surface area (Å²) in [6.45, 7) is -0.258. The standard InChI is InChI=1S/C25H19Cl2N3O4/c1-33-21-8-6-19(7-9-21)29-24(31)15-34-23-10-5-16(12-22(23)27)11-17(14-28)25(32)30-20-4-2-3-18(26)13-20/h2-13H,15H2,1H3,(H,29,31)(H,30,32)/b17-11-. The number of methoxy groups -OCH3 is 1. The molecule has 2 N–H and O–H groups in total. The van der Waals surface area contributed by atoms with Crippen LogP contribution in [0.5, 0.6) is 11.5 Å². The Labute approximate surface area is 206 Å². The number of halogens is 2. The van der Waals surface area contributed by atoms with Gasteiger partial charge in [-0.15, -0.1) is 0 Å². The average Bonchev–Trinajstić information content (AvgIpc) is 2.82. The molecule has 0 bridgehead atoms. The molecule has 0 spiro atoms. The van der Waals surface area contributed by atoms with Crippen LogP contribution in [0.15, 0.2) is 72.3 Å². The third-order valence-corrected chi connectivity index (χ3v) is 4.98. The summed E-state index contributed by atoms with van der Waals surface area (Å²) in [5, 5.41) is 15.4. The fourth-order valence-corrected chi connectivity index (χ4v) is 3.25. The van der Waals surface area contributed by atoms with Gasteiger partial charge in [0.05, 0.1) is 12.1 Å². The molecule has 3 aromatic rings. The molecule has 0 saturated heterocycles. The first-order valence-corrected chi connectivity index (χ1v) is 10.7. The van der Waals surface area contributed by atoms with Crippen LogP contribution in [0.2, 0.25) is 10.0 Å². The number of hydrogen-bond acceptors (Lipinski definition) is 5. The SMILES string of the molecule is COc1ccc(NC(=O)COc2ccc(/C=C(/C#N)C(=O)Nc3cccc(Cl)c3)cc2Cl)cc1. The maximum Gasteiger partial charge on any atom is 0.266 e. The second-order valence-electron chi connectivity index (χ2n) is 6.89. The molecule has 34 heavy (non-hydrogen) atoms. The van der Waals surface area contributed by atoms with Gasteiger partial charge >= 0.3 is 0 Å². The van der Waals surface area contributed by atoms with Gasteiger partial charge in [0.25, 0.3) is 11.8 Å². The number of anilines is 2. The predicted molar refractivity (Wildman–Crippen MR) is 132 cm³/mol. The van der Waals surface area contributed by atoms with Crippen LogP contribution in [0.4, 0.5) is 11.4 Å². The Kier molecular flexibility index (Phi) is 8.52. The smallest absolute Gasteiger partial charge is 0.266 e. The molecule has 0 fully saturated rings. The maximum atomic E-state index is 12.4. The van der Waals surface area contributed by atoms with E-state index in [0.29, 0.717) is 27.7 Å². The first-order chi connectivity index (χ1) is 16.4. The van der Waals surface area contributed by atoms with Crippen molar-refractivity contribution < 1.29 is 19.1 Å². The molecule has 0 aliphatic rings. The molecule has 0 aromatic heterocycles. The summed E-state index contributed by atoms with van der Waals surface area (Å²) in [4.78, 5) is 24.6. The molecule has 0 aliphatic heterocycles. The highest BCUT2D eigenvalue weighted by molar-refractivity contribution is 6.32. The molecule has 9 heteroatoms. The topological polar surface area (TPSA) is 100 Å². The zero-order chi connectivity index (χ0) is 24.5. The van der Waals surface area contributed by atoms with E-state index in [4.69, 9.17) is 32.7 Å². The minimum Gasteiger partial charge on any atom is -0.497 e. The number of rotatable bonds is 8. The van der Waals surface area contributed by atoms with Crippen LogP contribution in [0.25, 0.3) is 6.08 Å². The van der Waals surface area contributed by atoms with E-state index < -0.39 is 5.91 Å². The number of benzene rings is 3. The van der Waals surface area contributed by atoms with Crippen molar-refractivity contribution in [2.75, 3.05) is 24.4 Å². The number of nitrogens with one attached hydrogen (secondary N) is 2. The molecular formula is C25H19Cl2N3O4. The highest BCUT2D eigenvalue weighted by atomic mass is 35.5. The van der Waals surface area contributed by atoms with Crippen molar-refractivity contribution >= 4 is 52.5 Å². The van der Waals surface area contributed by atoms with Gasteiger partial charge in [-0.2, -0.15) is 5.26 Å². The maximum absolute atomic E-state index is 12.4. The predicted octanol–water partition coefficient (Wildman–Crippen LogP) is 5.57. The number of carbonyl (C=O) groups is 2. The highest BCUT2D eigenvalue weighted by Gasteiger charge is 2.12. The third kappa shape index (κ3) is 7.01. The number of amides is 2. The molecule has 3 rings (SSSR count). The summed E-state index contributed by atoms with van der Waals surface area (Å²) >= 11 is 12.2. The van der Waals surface area contributed by atoms with Gasteiger partial charge in [-0.25, -0.2) is 0 Å². The summed E-state index contributed by atoms with van der Waals surface area (Å²) in [5.41, 5.74) is 1.45. The number of carbonyl (C=O) groups excluding carboxylic acids is 2. The molecule has 0 unspecified atom stereocenters. The molecule has 0 saturated carbocycles. The molecule has 172 valence electrons. The van der Waals surface area contributed by atoms with Crippen LogP contribution in [-0.2, 0) is 9.59 Å². The minimum atomic E-state index is -0.587. The van der Waals surface area contributed by atoms with Crippen LogP contribution < -0.4 is 20.1 Å². The van der Waals surface area contributed by atoms with Crippen molar-refractivity contribution in [1.29, 1.82) is 5.26 Å². The van der Waals surface area contributed by atoms with Crippen LogP contribution in [0.3, 0.4) is 0 Å². The van der Waals surface area contributed by atoms with Crippen LogP contribution >= 0.6 is 23.2 Å². The molecule has 7 nitrogen and oxygen atoms in total. The molecule has 0 radical (unpaired) electrons. The van der Waals surface area contributed by atoms with Gasteiger partial charge in [0.15, 0.2) is 6.61 Å². The highest BCUT2D eigenvalue weighted by Crippen LogP contribution is 2.27. The Morgan fingerprint density at radius 1 is 1.00 bits per heavy atom. The first kappa shape index (κ1) is 24.6. The second-order valence-corrected chi connectivity index (χ2v) is 7.73. The van der Waals surface area contributed by atoms with Gasteiger partial charge in [-0.05, 0) is 66.2 Å². The lowest BCUT2D eigenvalue weighted by molar-refractivity contribution is -0.118. The van der Waals surface area contributed by atoms with E-state index in [0.717, 1.165) is 0 Å². The molecule has 2 amide bonds. The Bertz CT molecular complexity index is 1270. The van der Waals surface area contributed by atoms with Crippen LogP contribution in [0.1, 0.15) is 5.56 Å². The first-order valence-electron chi connectivity index (χ1n) is 9.93. The minimum absolute atomic E-state index is 0.122. The van der Waals surface area contributed by atoms with Crippen molar-refractivity contribution in [1.82, 2.24) is 0 Å². The number of nitrogens with zero attached hydrogens (tertiary/aromatic N) is 1. The lowest BCUT2D eigenvalue weighted by atomic mass is 10.1. The molecule has 0 atom stereocenters. The normalized spacial score (nSPS) is 10.7. The summed E-state index contributed by atoms with van der Waals surface area (Å²) < 4.78 is 10.6. The molecule has 0 heterocycles. The van der Waals surface area contributed by atoms with E-state index in [9.17, 15) is 14.9 Å². The fraction of sp³-hybridized carbons (Fsp3) is 0.0800. The van der Waals surface area contributed by atoms with E-state index >= 15 is 0 Å². The zero-order valence-electron chi connectivity index (χ0n) is 18.0. The lowest BCUT2D eigenvalue weighted by Crippen LogP contribution is -2.20. The number of hydrogen-bond donors (Lipinski definition) is 2. The average molecular weight is 496 g/mol. The monoisotopic (exact) mass is 495 g/mol. The Morgan fingerprint density at radius 3 is 2.41 bits per heavy atom. The van der Waals surface area contributed by atoms with E-state index in [-0.39, 0.29) is 28.9 Å². The van der Waals surface area contributed by atoms with Gasteiger partial charge in [0.1, 0.15) is 23.1 Å². The number of ether oxygens (including phenoxy) is 2. The van der Waals surface area contributed by atoms with Crippen LogP contribution in [0, 0.1) is 11.3 Å². The van der Waals surface area contributed by atoms with Crippen molar-refractivity contribution in [2.45, 2.75) is 0 Å². The summed E-state index contributed by atoms with van der Waals surface area (Å²) in [6.07, 6.45) is 1.39. The summed E-state index contributed by atoms with van der Waals surface area (Å²) in [7, 11) is 1.56. The van der Waals surface area contributed by atoms with Gasteiger partial charge in [0.2, 0.25) is 0 Å². The van der Waals surface area contributed by atoms with Crippen molar-refractivity contribution in [3.05, 3.63) is 87.9 Å². The van der Waals surface area contributed by atoms with Crippen LogP contribution in [-0.4, -0.2) is 25.5 Å². The van der Waals surface area contributed by atoms with E-state index in [1.54, 1.807) is 67.8 Å². The zero-order valence-corrected chi connectivity index (χ0v) is 19.5. The third-order valence-electron chi connectivity index (χ3n) is 4.45. The van der Waals surface area contributed by atoms with Crippen molar-refractivity contribution in [3.63, 3.8) is 0 Å². The fourth-order valence-electron chi connectivity index (χ4n) is 2.82. The number of nitriles is 1. The molecule has 0 aliphatic carbocycles. The molecule has 3 aromatic carbocycles. The molecular weight excluding hydrogens is 477 g/mol. The van der Waals surface area contributed by atoms with Crippen molar-refractivity contribution in [3.8, 4) is 17.6 Å². The Balaban J connectivity index is 1.61. The summed E-state index contributed by atoms with van der Waals surface area (Å²) in [6, 6.07) is 20.0. The van der Waals surface area contributed by atoms with Crippen molar-refractivity contribution in [2.24, 2.45) is 0 Å². The lowest BCUT2D eigenvalue weighted by Gasteiger charge is -2.10. The Hall–Kier alpha value is -3.99. The Morgan fingerprint density at radius 2 is 1.76 bits per heavy atom. The quantitative estimate of drug-likeness (QED) is 0.314. The van der Waals surface area contributed by atoms with Gasteiger partial charge in [-0.3, -0.25) is 9.59 Å². The van der Waals surface area contributed by atoms with Gasteiger partial charge in [-0.1, -0.05) is 35.3 Å². The van der Waals surface area contributed by atoms with E-state index in [1.165, 1.54) is 12.1 Å². The van der Waals surface area contributed by atoms with E-state index in [2.05, 4.69) is 10.6 Å². The van der Waals surface area contributed by atoms with E-state index in [1.807, 2.05) is 6.07 Å². The summed E-state index contributed by atoms with van der Waals surface area (Å²) in [5.74, 6) is 0.00771. The second kappa shape index (κ2) is 11.8. The van der Waals surface area contributed by atoms with Gasteiger partial charge < -0.3 is 20.1 Å². The van der Waals surface area contributed by atoms with Gasteiger partial charge in [0, 0.05) is 16.4 Å². The largest absolute Gasteiger partial charge is 0.497 e.